The Bertz CT molecular complexity index is 1490. The molecule has 0 aliphatic carbocycles. The summed E-state index contributed by atoms with van der Waals surface area (Å²) in [6, 6.07) is 6.63. The fourth-order valence-corrected chi connectivity index (χ4v) is 5.23. The molecule has 228 valence electrons. The Morgan fingerprint density at radius 1 is 0.929 bits per heavy atom. The monoisotopic (exact) mass is 592 g/mol. The van der Waals surface area contributed by atoms with E-state index in [1.807, 2.05) is 0 Å². The Labute approximate surface area is 238 Å². The number of methoxy groups -OCH3 is 1. The highest BCUT2D eigenvalue weighted by Gasteiger charge is 2.46. The second-order valence-electron chi connectivity index (χ2n) is 10.3. The van der Waals surface area contributed by atoms with E-state index in [2.05, 4.69) is 0 Å². The molecule has 0 unspecified atom stereocenters. The van der Waals surface area contributed by atoms with Crippen LogP contribution in [-0.2, 0) is 9.47 Å². The first-order valence-corrected chi connectivity index (χ1v) is 13.1. The van der Waals surface area contributed by atoms with Crippen LogP contribution in [0.15, 0.2) is 39.5 Å². The maximum absolute atomic E-state index is 13.3. The number of rotatable bonds is 6. The fraction of sp³-hybridized carbons (Fsp3) is 0.464. The molecular weight excluding hydrogens is 560 g/mol. The lowest BCUT2D eigenvalue weighted by Gasteiger charge is -2.40. The summed E-state index contributed by atoms with van der Waals surface area (Å²) < 4.78 is 28.1. The van der Waals surface area contributed by atoms with Crippen LogP contribution < -0.4 is 14.9 Å². The SMILES string of the molecule is COc1ccc(-c2cc(=O)c3c(O)c([C@@H]4C[C@@H](O)[C@@H](O)[C@@H](C)O4)c(O[C@H]4O[C@@H](CO)[C@H](O)[C@H](O)[C@@H]4O)cc3o2)cc1O. The largest absolute Gasteiger partial charge is 0.506 e. The zero-order valence-electron chi connectivity index (χ0n) is 22.5. The van der Waals surface area contributed by atoms with Gasteiger partial charge < -0.3 is 64.2 Å². The first kappa shape index (κ1) is 30.0. The van der Waals surface area contributed by atoms with Crippen LogP contribution in [-0.4, -0.2) is 104 Å². The quantitative estimate of drug-likeness (QED) is 0.183. The number of fused-ring (bicyclic) bond motifs is 1. The molecule has 0 spiro atoms. The van der Waals surface area contributed by atoms with E-state index in [-0.39, 0.29) is 46.0 Å². The third-order valence-electron chi connectivity index (χ3n) is 7.58. The number of aliphatic hydroxyl groups is 6. The average Bonchev–Trinajstić information content (AvgIpc) is 2.95. The Hall–Kier alpha value is -3.47. The number of hydrogen-bond acceptors (Lipinski definition) is 14. The summed E-state index contributed by atoms with van der Waals surface area (Å²) in [5, 5.41) is 82.5. The average molecular weight is 593 g/mol. The Kier molecular flexibility index (Phi) is 8.33. The van der Waals surface area contributed by atoms with Crippen molar-refractivity contribution in [1.29, 1.82) is 0 Å². The van der Waals surface area contributed by atoms with Gasteiger partial charge in [0, 0.05) is 24.1 Å². The molecule has 0 radical (unpaired) electrons. The molecule has 3 aromatic rings. The number of aliphatic hydroxyl groups excluding tert-OH is 6. The molecule has 9 atom stereocenters. The van der Waals surface area contributed by atoms with Gasteiger partial charge in [-0.15, -0.1) is 0 Å². The normalized spacial score (nSPS) is 31.7. The first-order valence-electron chi connectivity index (χ1n) is 13.1. The van der Waals surface area contributed by atoms with E-state index < -0.39 is 72.9 Å². The van der Waals surface area contributed by atoms with Crippen molar-refractivity contribution in [2.75, 3.05) is 13.7 Å². The van der Waals surface area contributed by atoms with Crippen LogP contribution in [0.3, 0.4) is 0 Å². The van der Waals surface area contributed by atoms with Crippen molar-refractivity contribution in [3.8, 4) is 34.3 Å². The number of ether oxygens (including phenoxy) is 4. The topological polar surface area (TPSA) is 229 Å². The third-order valence-corrected chi connectivity index (χ3v) is 7.58. The van der Waals surface area contributed by atoms with E-state index in [4.69, 9.17) is 23.4 Å². The van der Waals surface area contributed by atoms with E-state index in [1.165, 1.54) is 38.3 Å². The van der Waals surface area contributed by atoms with Crippen molar-refractivity contribution in [2.24, 2.45) is 0 Å². The Morgan fingerprint density at radius 3 is 2.31 bits per heavy atom. The second kappa shape index (κ2) is 11.7. The van der Waals surface area contributed by atoms with Gasteiger partial charge in [0.05, 0.1) is 37.6 Å². The summed E-state index contributed by atoms with van der Waals surface area (Å²) in [7, 11) is 1.37. The van der Waals surface area contributed by atoms with Gasteiger partial charge in [-0.05, 0) is 25.1 Å². The molecule has 14 nitrogen and oxygen atoms in total. The predicted molar refractivity (Wildman–Crippen MR) is 142 cm³/mol. The standard InChI is InChI=1S/C28H32O14/c1-10-23(33)14(32)7-17(39-10)22-19(41-28-27(37)26(36)24(34)20(9-29)42-28)8-18-21(25(22)35)13(31)6-16(40-18)11-3-4-15(38-2)12(30)5-11/h3-6,8,10,14,17,20,23-24,26-30,32-37H,7,9H2,1-2H3/t10-,14-,17+,20+,23+,24+,26+,27+,28+/m1/s1. The Balaban J connectivity index is 1.66. The minimum absolute atomic E-state index is 0.0116. The summed E-state index contributed by atoms with van der Waals surface area (Å²) in [6.45, 7) is 0.780. The molecule has 42 heavy (non-hydrogen) atoms. The van der Waals surface area contributed by atoms with E-state index in [1.54, 1.807) is 0 Å². The summed E-state index contributed by atoms with van der Waals surface area (Å²) >= 11 is 0. The van der Waals surface area contributed by atoms with Crippen molar-refractivity contribution in [3.63, 3.8) is 0 Å². The lowest BCUT2D eigenvalue weighted by Crippen LogP contribution is -2.60. The molecule has 2 aromatic carbocycles. The van der Waals surface area contributed by atoms with Crippen LogP contribution in [0.25, 0.3) is 22.3 Å². The fourth-order valence-electron chi connectivity index (χ4n) is 5.23. The maximum Gasteiger partial charge on any atom is 0.229 e. The van der Waals surface area contributed by atoms with Crippen molar-refractivity contribution in [1.82, 2.24) is 0 Å². The van der Waals surface area contributed by atoms with Crippen LogP contribution in [0.1, 0.15) is 25.0 Å². The predicted octanol–water partition coefficient (Wildman–Crippen LogP) is -0.370. The summed E-state index contributed by atoms with van der Waals surface area (Å²) in [6.07, 6.45) is -13.0. The number of aromatic hydroxyl groups is 2. The maximum atomic E-state index is 13.3. The highest BCUT2D eigenvalue weighted by atomic mass is 16.7. The minimum atomic E-state index is -1.81. The van der Waals surface area contributed by atoms with Crippen LogP contribution in [0, 0.1) is 0 Å². The number of phenols is 2. The lowest BCUT2D eigenvalue weighted by molar-refractivity contribution is -0.277. The molecule has 8 N–H and O–H groups in total. The van der Waals surface area contributed by atoms with Crippen molar-refractivity contribution < 1.29 is 64.2 Å². The van der Waals surface area contributed by atoms with Gasteiger partial charge in [-0.25, -0.2) is 0 Å². The molecule has 1 aromatic heterocycles. The number of benzene rings is 2. The zero-order chi connectivity index (χ0) is 30.5. The van der Waals surface area contributed by atoms with E-state index in [0.717, 1.165) is 6.07 Å². The van der Waals surface area contributed by atoms with Crippen LogP contribution in [0.5, 0.6) is 23.0 Å². The summed E-state index contributed by atoms with van der Waals surface area (Å²) in [5.41, 5.74) is -0.699. The smallest absolute Gasteiger partial charge is 0.229 e. The minimum Gasteiger partial charge on any atom is -0.506 e. The first-order chi connectivity index (χ1) is 19.9. The van der Waals surface area contributed by atoms with Gasteiger partial charge in [0.2, 0.25) is 6.29 Å². The molecule has 2 aliphatic heterocycles. The van der Waals surface area contributed by atoms with Gasteiger partial charge in [0.1, 0.15) is 58.7 Å². The zero-order valence-corrected chi connectivity index (χ0v) is 22.5. The summed E-state index contributed by atoms with van der Waals surface area (Å²) in [5.74, 6) is -0.897. The van der Waals surface area contributed by atoms with E-state index in [9.17, 15) is 45.6 Å². The third kappa shape index (κ3) is 5.27. The second-order valence-corrected chi connectivity index (χ2v) is 10.3. The van der Waals surface area contributed by atoms with Gasteiger partial charge in [0.15, 0.2) is 16.9 Å². The van der Waals surface area contributed by atoms with Crippen LogP contribution in [0.2, 0.25) is 0 Å². The molecule has 3 heterocycles. The van der Waals surface area contributed by atoms with Gasteiger partial charge in [-0.3, -0.25) is 4.79 Å². The van der Waals surface area contributed by atoms with E-state index >= 15 is 0 Å². The molecule has 2 saturated heterocycles. The number of hydrogen-bond donors (Lipinski definition) is 8. The molecular formula is C28H32O14. The van der Waals surface area contributed by atoms with Gasteiger partial charge in [0.25, 0.3) is 0 Å². The van der Waals surface area contributed by atoms with Gasteiger partial charge in [-0.1, -0.05) is 0 Å². The molecule has 14 heteroatoms. The molecule has 0 saturated carbocycles. The van der Waals surface area contributed by atoms with Crippen LogP contribution in [0.4, 0.5) is 0 Å². The van der Waals surface area contributed by atoms with Gasteiger partial charge in [-0.2, -0.15) is 0 Å². The van der Waals surface area contributed by atoms with E-state index in [0.29, 0.717) is 5.56 Å². The molecule has 2 fully saturated rings. The molecule has 2 aliphatic rings. The highest BCUT2D eigenvalue weighted by molar-refractivity contribution is 5.88. The summed E-state index contributed by atoms with van der Waals surface area (Å²) in [4.78, 5) is 13.3. The van der Waals surface area contributed by atoms with Gasteiger partial charge >= 0.3 is 0 Å². The molecule has 0 amide bonds. The van der Waals surface area contributed by atoms with Crippen molar-refractivity contribution >= 4 is 11.0 Å². The lowest BCUT2D eigenvalue weighted by atomic mass is 9.92. The van der Waals surface area contributed by atoms with Crippen molar-refractivity contribution in [3.05, 3.63) is 46.1 Å². The molecule has 0 bridgehead atoms. The molecule has 5 rings (SSSR count). The number of phenolic OH excluding ortho intramolecular Hbond substituents is 2. The van der Waals surface area contributed by atoms with Crippen LogP contribution >= 0.6 is 0 Å². The van der Waals surface area contributed by atoms with Crippen molar-refractivity contribution in [2.45, 2.75) is 68.5 Å². The highest BCUT2D eigenvalue weighted by Crippen LogP contribution is 2.46. The Morgan fingerprint density at radius 2 is 1.67 bits per heavy atom.